The number of nitrogens with zero attached hydrogens (tertiary/aromatic N) is 2. The van der Waals surface area contributed by atoms with Gasteiger partial charge in [-0.1, -0.05) is 23.5 Å². The summed E-state index contributed by atoms with van der Waals surface area (Å²) in [6, 6.07) is 7.43. The number of ether oxygens (including phenoxy) is 1. The van der Waals surface area contributed by atoms with Gasteiger partial charge in [0.2, 0.25) is 5.88 Å². The molecule has 0 fully saturated rings. The lowest BCUT2D eigenvalue weighted by atomic mass is 10.3. The van der Waals surface area contributed by atoms with Crippen molar-refractivity contribution in [1.29, 1.82) is 0 Å². The second-order valence-corrected chi connectivity index (χ2v) is 5.22. The summed E-state index contributed by atoms with van der Waals surface area (Å²) in [4.78, 5) is 4.94. The van der Waals surface area contributed by atoms with E-state index in [0.717, 1.165) is 0 Å². The Morgan fingerprint density at radius 3 is 2.78 bits per heavy atom. The normalized spacial score (nSPS) is 11.0. The maximum absolute atomic E-state index is 9.81. The molecule has 0 amide bonds. The van der Waals surface area contributed by atoms with E-state index in [1.165, 1.54) is 11.3 Å². The molecular formula is C12H12N2O2S2. The van der Waals surface area contributed by atoms with Crippen LogP contribution in [0.4, 0.5) is 5.69 Å². The van der Waals surface area contributed by atoms with Gasteiger partial charge in [0.25, 0.3) is 0 Å². The number of para-hydroxylation sites is 2. The van der Waals surface area contributed by atoms with Crippen molar-refractivity contribution in [2.75, 3.05) is 7.11 Å². The predicted molar refractivity (Wildman–Crippen MR) is 76.0 cm³/mol. The lowest BCUT2D eigenvalue weighted by molar-refractivity contribution is 0.416. The highest BCUT2D eigenvalue weighted by Gasteiger charge is 2.06. The van der Waals surface area contributed by atoms with Crippen LogP contribution in [0.3, 0.4) is 0 Å². The molecule has 0 spiro atoms. The molecule has 0 aliphatic carbocycles. The van der Waals surface area contributed by atoms with Crippen molar-refractivity contribution in [2.45, 2.75) is 0 Å². The molecule has 0 saturated heterocycles. The van der Waals surface area contributed by atoms with Crippen molar-refractivity contribution < 1.29 is 9.84 Å². The van der Waals surface area contributed by atoms with Gasteiger partial charge >= 0.3 is 0 Å². The molecule has 1 N–H and O–H groups in total. The first-order valence-corrected chi connectivity index (χ1v) is 6.42. The Labute approximate surface area is 114 Å². The average molecular weight is 280 g/mol. The van der Waals surface area contributed by atoms with Crippen molar-refractivity contribution in [1.82, 2.24) is 4.57 Å². The maximum atomic E-state index is 9.81. The van der Waals surface area contributed by atoms with Crippen molar-refractivity contribution in [3.8, 4) is 11.6 Å². The fourth-order valence-electron chi connectivity index (χ4n) is 1.41. The van der Waals surface area contributed by atoms with Crippen molar-refractivity contribution >= 4 is 35.5 Å². The monoisotopic (exact) mass is 280 g/mol. The van der Waals surface area contributed by atoms with E-state index in [0.29, 0.717) is 20.3 Å². The Morgan fingerprint density at radius 2 is 2.17 bits per heavy atom. The first-order valence-electron chi connectivity index (χ1n) is 5.19. The fraction of sp³-hybridized carbons (Fsp3) is 0.167. The van der Waals surface area contributed by atoms with E-state index in [9.17, 15) is 5.11 Å². The molecule has 4 nitrogen and oxygen atoms in total. The highest BCUT2D eigenvalue weighted by atomic mass is 32.1. The summed E-state index contributed by atoms with van der Waals surface area (Å²) < 4.78 is 7.35. The molecular weight excluding hydrogens is 268 g/mol. The Bertz CT molecular complexity index is 644. The Morgan fingerprint density at radius 1 is 1.44 bits per heavy atom. The van der Waals surface area contributed by atoms with Crippen LogP contribution in [0.15, 0.2) is 29.3 Å². The molecule has 0 aliphatic rings. The zero-order valence-corrected chi connectivity index (χ0v) is 11.6. The molecule has 0 saturated carbocycles. The second-order valence-electron chi connectivity index (χ2n) is 3.54. The smallest absolute Gasteiger partial charge is 0.211 e. The Kier molecular flexibility index (Phi) is 3.78. The molecule has 18 heavy (non-hydrogen) atoms. The van der Waals surface area contributed by atoms with E-state index in [1.807, 2.05) is 24.3 Å². The molecule has 0 bridgehead atoms. The van der Waals surface area contributed by atoms with Crippen LogP contribution in [0, 0.1) is 3.95 Å². The Balaban J connectivity index is 2.36. The van der Waals surface area contributed by atoms with Crippen molar-refractivity contribution in [3.05, 3.63) is 33.1 Å². The van der Waals surface area contributed by atoms with Crippen LogP contribution in [0.1, 0.15) is 4.88 Å². The minimum absolute atomic E-state index is 0.128. The van der Waals surface area contributed by atoms with Gasteiger partial charge in [-0.15, -0.1) is 0 Å². The van der Waals surface area contributed by atoms with Crippen LogP contribution in [0.2, 0.25) is 0 Å². The third kappa shape index (κ3) is 2.44. The Hall–Kier alpha value is -1.66. The summed E-state index contributed by atoms with van der Waals surface area (Å²) in [5.41, 5.74) is 0.710. The summed E-state index contributed by atoms with van der Waals surface area (Å²) in [5.74, 6) is 0.816. The molecule has 6 heteroatoms. The first kappa shape index (κ1) is 12.8. The molecule has 0 unspecified atom stereocenters. The lowest BCUT2D eigenvalue weighted by Crippen LogP contribution is -1.86. The number of thiazole rings is 1. The number of benzene rings is 1. The fourth-order valence-corrected chi connectivity index (χ4v) is 2.51. The summed E-state index contributed by atoms with van der Waals surface area (Å²) in [6.45, 7) is 0. The van der Waals surface area contributed by atoms with Crippen LogP contribution in [-0.4, -0.2) is 23.0 Å². The molecule has 1 heterocycles. The van der Waals surface area contributed by atoms with Gasteiger partial charge in [0, 0.05) is 7.05 Å². The molecule has 1 aromatic heterocycles. The minimum atomic E-state index is 0.128. The summed E-state index contributed by atoms with van der Waals surface area (Å²) >= 11 is 6.39. The third-order valence-electron chi connectivity index (χ3n) is 2.42. The highest BCUT2D eigenvalue weighted by Crippen LogP contribution is 2.28. The topological polar surface area (TPSA) is 46.8 Å². The van der Waals surface area contributed by atoms with E-state index in [-0.39, 0.29) is 5.88 Å². The molecule has 2 rings (SSSR count). The second kappa shape index (κ2) is 5.32. The molecule has 2 aromatic rings. The number of aliphatic imine (C=N–C) groups is 1. The predicted octanol–water partition coefficient (Wildman–Crippen LogP) is 3.28. The quantitative estimate of drug-likeness (QED) is 0.693. The molecule has 94 valence electrons. The summed E-state index contributed by atoms with van der Waals surface area (Å²) in [7, 11) is 3.31. The number of aromatic nitrogens is 1. The van der Waals surface area contributed by atoms with E-state index >= 15 is 0 Å². The number of rotatable bonds is 3. The van der Waals surface area contributed by atoms with E-state index < -0.39 is 0 Å². The van der Waals surface area contributed by atoms with Gasteiger partial charge < -0.3 is 9.84 Å². The van der Waals surface area contributed by atoms with E-state index in [4.69, 9.17) is 17.0 Å². The van der Waals surface area contributed by atoms with Crippen LogP contribution < -0.4 is 4.74 Å². The van der Waals surface area contributed by atoms with Crippen molar-refractivity contribution in [2.24, 2.45) is 12.0 Å². The van der Waals surface area contributed by atoms with Gasteiger partial charge in [-0.3, -0.25) is 9.56 Å². The minimum Gasteiger partial charge on any atom is -0.494 e. The van der Waals surface area contributed by atoms with Gasteiger partial charge in [0.15, 0.2) is 3.95 Å². The van der Waals surface area contributed by atoms with Crippen LogP contribution in [0.5, 0.6) is 11.6 Å². The molecule has 1 aromatic carbocycles. The van der Waals surface area contributed by atoms with Gasteiger partial charge in [0.1, 0.15) is 16.3 Å². The number of methoxy groups -OCH3 is 1. The zero-order valence-electron chi connectivity index (χ0n) is 9.95. The van der Waals surface area contributed by atoms with Crippen molar-refractivity contribution in [3.63, 3.8) is 0 Å². The zero-order chi connectivity index (χ0) is 13.1. The maximum Gasteiger partial charge on any atom is 0.211 e. The van der Waals surface area contributed by atoms with E-state index in [1.54, 1.807) is 24.9 Å². The third-order valence-corrected chi connectivity index (χ3v) is 3.90. The molecule has 0 atom stereocenters. The number of hydrogen-bond acceptors (Lipinski definition) is 5. The van der Waals surface area contributed by atoms with Crippen LogP contribution in [0.25, 0.3) is 0 Å². The molecule has 0 radical (unpaired) electrons. The number of aromatic hydroxyl groups is 1. The van der Waals surface area contributed by atoms with Gasteiger partial charge in [-0.25, -0.2) is 0 Å². The largest absolute Gasteiger partial charge is 0.494 e. The lowest BCUT2D eigenvalue weighted by Gasteiger charge is -2.02. The highest BCUT2D eigenvalue weighted by molar-refractivity contribution is 7.73. The first-order chi connectivity index (χ1) is 8.63. The average Bonchev–Trinajstić information content (AvgIpc) is 2.64. The van der Waals surface area contributed by atoms with Crippen LogP contribution >= 0.6 is 23.6 Å². The van der Waals surface area contributed by atoms with Gasteiger partial charge in [-0.2, -0.15) is 0 Å². The SMILES string of the molecule is COc1ccccc1N=Cc1sc(=S)n(C)c1O. The summed E-state index contributed by atoms with van der Waals surface area (Å²) in [5, 5.41) is 9.81. The van der Waals surface area contributed by atoms with Crippen LogP contribution in [-0.2, 0) is 7.05 Å². The van der Waals surface area contributed by atoms with Gasteiger partial charge in [0.05, 0.1) is 13.3 Å². The summed E-state index contributed by atoms with van der Waals surface area (Å²) in [6.07, 6.45) is 1.59. The molecule has 0 aliphatic heterocycles. The van der Waals surface area contributed by atoms with E-state index in [2.05, 4.69) is 4.99 Å². The number of hydrogen-bond donors (Lipinski definition) is 1. The standard InChI is InChI=1S/C12H12N2O2S2/c1-14-11(15)10(18-12(14)17)7-13-8-5-3-4-6-9(8)16-2/h3-7,15H,1-2H3. The van der Waals surface area contributed by atoms with Gasteiger partial charge in [-0.05, 0) is 24.4 Å².